The van der Waals surface area contributed by atoms with Crippen LogP contribution in [0.25, 0.3) is 0 Å². The maximum absolute atomic E-state index is 12.5. The van der Waals surface area contributed by atoms with Gasteiger partial charge >= 0.3 is 0 Å². The quantitative estimate of drug-likeness (QED) is 0.880. The molecule has 2 aromatic rings. The zero-order valence-electron chi connectivity index (χ0n) is 12.0. The first-order valence-corrected chi connectivity index (χ1v) is 6.99. The van der Waals surface area contributed by atoms with Gasteiger partial charge in [-0.2, -0.15) is 0 Å². The van der Waals surface area contributed by atoms with Crippen molar-refractivity contribution in [3.63, 3.8) is 0 Å². The number of ether oxygens (including phenoxy) is 1. The zero-order valence-corrected chi connectivity index (χ0v) is 12.0. The maximum Gasteiger partial charge on any atom is 0.231 e. The summed E-state index contributed by atoms with van der Waals surface area (Å²) in [6.07, 6.45) is 1.28. The summed E-state index contributed by atoms with van der Waals surface area (Å²) in [5.41, 5.74) is 9.64. The molecule has 1 heterocycles. The van der Waals surface area contributed by atoms with Gasteiger partial charge in [0.15, 0.2) is 0 Å². The van der Waals surface area contributed by atoms with Gasteiger partial charge in [0, 0.05) is 17.9 Å². The molecular weight excluding hydrogens is 264 g/mol. The summed E-state index contributed by atoms with van der Waals surface area (Å²) >= 11 is 0. The molecule has 1 aliphatic rings. The van der Waals surface area contributed by atoms with Crippen LogP contribution >= 0.6 is 0 Å². The van der Waals surface area contributed by atoms with Crippen LogP contribution in [0.4, 0.5) is 11.4 Å². The number of nitrogens with two attached hydrogens (primary N) is 1. The second-order valence-corrected chi connectivity index (χ2v) is 5.21. The molecule has 2 N–H and O–H groups in total. The zero-order chi connectivity index (χ0) is 14.8. The Bertz CT molecular complexity index is 665. The first kappa shape index (κ1) is 13.5. The molecule has 21 heavy (non-hydrogen) atoms. The molecule has 0 fully saturated rings. The van der Waals surface area contributed by atoms with Gasteiger partial charge in [-0.3, -0.25) is 4.79 Å². The number of benzene rings is 2. The number of carbonyl (C=O) groups is 1. The summed E-state index contributed by atoms with van der Waals surface area (Å²) in [6.45, 7) is 0.730. The molecule has 0 saturated carbocycles. The van der Waals surface area contributed by atoms with Crippen LogP contribution in [0.2, 0.25) is 0 Å². The summed E-state index contributed by atoms with van der Waals surface area (Å²) < 4.78 is 5.12. The summed E-state index contributed by atoms with van der Waals surface area (Å²) in [5, 5.41) is 0. The van der Waals surface area contributed by atoms with E-state index in [0.717, 1.165) is 30.0 Å². The molecule has 0 atom stereocenters. The number of amides is 1. The number of nitrogens with zero attached hydrogens (tertiary/aromatic N) is 1. The fraction of sp³-hybridized carbons (Fsp3) is 0.235. The Morgan fingerprint density at radius 1 is 1.24 bits per heavy atom. The van der Waals surface area contributed by atoms with Crippen LogP contribution in [0.15, 0.2) is 42.5 Å². The van der Waals surface area contributed by atoms with Crippen molar-refractivity contribution >= 4 is 17.3 Å². The number of methoxy groups -OCH3 is 1. The molecule has 2 aromatic carbocycles. The van der Waals surface area contributed by atoms with Gasteiger partial charge < -0.3 is 15.4 Å². The monoisotopic (exact) mass is 282 g/mol. The highest BCUT2D eigenvalue weighted by molar-refractivity contribution is 5.97. The minimum Gasteiger partial charge on any atom is -0.497 e. The third kappa shape index (κ3) is 2.70. The van der Waals surface area contributed by atoms with Crippen LogP contribution in [0.3, 0.4) is 0 Å². The Morgan fingerprint density at radius 3 is 2.71 bits per heavy atom. The Morgan fingerprint density at radius 2 is 2.00 bits per heavy atom. The summed E-state index contributed by atoms with van der Waals surface area (Å²) in [4.78, 5) is 14.3. The van der Waals surface area contributed by atoms with E-state index in [-0.39, 0.29) is 5.91 Å². The molecular formula is C17H18N2O2. The minimum absolute atomic E-state index is 0.101. The molecule has 1 amide bonds. The normalized spacial score (nSPS) is 13.1. The molecule has 0 bridgehead atoms. The number of nitrogen functional groups attached to an aromatic ring is 1. The van der Waals surface area contributed by atoms with Crippen molar-refractivity contribution in [1.29, 1.82) is 0 Å². The first-order chi connectivity index (χ1) is 10.2. The lowest BCUT2D eigenvalue weighted by Crippen LogP contribution is -2.30. The van der Waals surface area contributed by atoms with E-state index in [2.05, 4.69) is 0 Å². The van der Waals surface area contributed by atoms with E-state index >= 15 is 0 Å². The van der Waals surface area contributed by atoms with Gasteiger partial charge in [-0.25, -0.2) is 0 Å². The molecule has 0 radical (unpaired) electrons. The van der Waals surface area contributed by atoms with Crippen LogP contribution in [-0.4, -0.2) is 19.6 Å². The van der Waals surface area contributed by atoms with Crippen molar-refractivity contribution in [2.24, 2.45) is 0 Å². The lowest BCUT2D eigenvalue weighted by molar-refractivity contribution is -0.117. The number of rotatable bonds is 3. The maximum atomic E-state index is 12.5. The van der Waals surface area contributed by atoms with Crippen LogP contribution in [0.1, 0.15) is 11.1 Å². The standard InChI is InChI=1S/C17H18N2O2/c1-21-15-6-2-12(3-7-15)10-17(20)19-9-8-13-4-5-14(18)11-16(13)19/h2-7,11H,8-10,18H2,1H3. The summed E-state index contributed by atoms with van der Waals surface area (Å²) in [6, 6.07) is 13.4. The molecule has 4 nitrogen and oxygen atoms in total. The Labute approximate surface area is 124 Å². The van der Waals surface area contributed by atoms with Crippen molar-refractivity contribution in [3.05, 3.63) is 53.6 Å². The highest BCUT2D eigenvalue weighted by atomic mass is 16.5. The average Bonchev–Trinajstić information content (AvgIpc) is 2.91. The van der Waals surface area contributed by atoms with Gasteiger partial charge in [-0.05, 0) is 41.8 Å². The van der Waals surface area contributed by atoms with E-state index < -0.39 is 0 Å². The predicted octanol–water partition coefficient (Wildman–Crippen LogP) is 2.41. The van der Waals surface area contributed by atoms with Crippen molar-refractivity contribution in [2.45, 2.75) is 12.8 Å². The number of anilines is 2. The van der Waals surface area contributed by atoms with Gasteiger partial charge in [0.25, 0.3) is 0 Å². The molecule has 0 spiro atoms. The predicted molar refractivity (Wildman–Crippen MR) is 83.6 cm³/mol. The minimum atomic E-state index is 0.101. The molecule has 0 unspecified atom stereocenters. The second-order valence-electron chi connectivity index (χ2n) is 5.21. The molecule has 4 heteroatoms. The van der Waals surface area contributed by atoms with Crippen molar-refractivity contribution in [3.8, 4) is 5.75 Å². The Balaban J connectivity index is 1.76. The smallest absolute Gasteiger partial charge is 0.231 e. The van der Waals surface area contributed by atoms with Gasteiger partial charge in [0.2, 0.25) is 5.91 Å². The van der Waals surface area contributed by atoms with Gasteiger partial charge in [-0.15, -0.1) is 0 Å². The largest absolute Gasteiger partial charge is 0.497 e. The topological polar surface area (TPSA) is 55.6 Å². The van der Waals surface area contributed by atoms with E-state index in [1.54, 1.807) is 7.11 Å². The number of carbonyl (C=O) groups excluding carboxylic acids is 1. The first-order valence-electron chi connectivity index (χ1n) is 6.99. The van der Waals surface area contributed by atoms with Gasteiger partial charge in [-0.1, -0.05) is 18.2 Å². The van der Waals surface area contributed by atoms with Crippen molar-refractivity contribution < 1.29 is 9.53 Å². The highest BCUT2D eigenvalue weighted by Gasteiger charge is 2.24. The fourth-order valence-corrected chi connectivity index (χ4v) is 2.67. The molecule has 0 saturated heterocycles. The molecule has 0 aromatic heterocycles. The number of hydrogen-bond donors (Lipinski definition) is 1. The summed E-state index contributed by atoms with van der Waals surface area (Å²) in [5.74, 6) is 0.898. The Kier molecular flexibility index (Phi) is 3.52. The van der Waals surface area contributed by atoms with E-state index in [0.29, 0.717) is 12.1 Å². The van der Waals surface area contributed by atoms with Crippen LogP contribution < -0.4 is 15.4 Å². The molecule has 108 valence electrons. The van der Waals surface area contributed by atoms with Gasteiger partial charge in [0.05, 0.1) is 13.5 Å². The lowest BCUT2D eigenvalue weighted by atomic mass is 10.1. The van der Waals surface area contributed by atoms with Crippen molar-refractivity contribution in [1.82, 2.24) is 0 Å². The third-order valence-electron chi connectivity index (χ3n) is 3.82. The van der Waals surface area contributed by atoms with Crippen molar-refractivity contribution in [2.75, 3.05) is 24.3 Å². The van der Waals surface area contributed by atoms with Crippen LogP contribution in [-0.2, 0) is 17.6 Å². The lowest BCUT2D eigenvalue weighted by Gasteiger charge is -2.17. The van der Waals surface area contributed by atoms with Crippen LogP contribution in [0.5, 0.6) is 5.75 Å². The molecule has 0 aliphatic carbocycles. The SMILES string of the molecule is COc1ccc(CC(=O)N2CCc3ccc(N)cc32)cc1. The van der Waals surface area contributed by atoms with E-state index in [9.17, 15) is 4.79 Å². The average molecular weight is 282 g/mol. The third-order valence-corrected chi connectivity index (χ3v) is 3.82. The van der Waals surface area contributed by atoms with Gasteiger partial charge in [0.1, 0.15) is 5.75 Å². The van der Waals surface area contributed by atoms with E-state index in [4.69, 9.17) is 10.5 Å². The summed E-state index contributed by atoms with van der Waals surface area (Å²) in [7, 11) is 1.63. The van der Waals surface area contributed by atoms with E-state index in [1.807, 2.05) is 47.4 Å². The molecule has 1 aliphatic heterocycles. The Hall–Kier alpha value is -2.49. The van der Waals surface area contributed by atoms with E-state index in [1.165, 1.54) is 5.56 Å². The number of fused-ring (bicyclic) bond motifs is 1. The number of hydrogen-bond acceptors (Lipinski definition) is 3. The highest BCUT2D eigenvalue weighted by Crippen LogP contribution is 2.30. The molecule has 3 rings (SSSR count). The van der Waals surface area contributed by atoms with Crippen LogP contribution in [0, 0.1) is 0 Å². The second kappa shape index (κ2) is 5.48. The fourth-order valence-electron chi connectivity index (χ4n) is 2.67.